The summed E-state index contributed by atoms with van der Waals surface area (Å²) in [6.45, 7) is 12.0. The summed E-state index contributed by atoms with van der Waals surface area (Å²) in [5.74, 6) is 0. The monoisotopic (exact) mass is 336 g/mol. The number of hydrogen-bond donors (Lipinski definition) is 1. The summed E-state index contributed by atoms with van der Waals surface area (Å²) in [5, 5.41) is 3.50. The zero-order chi connectivity index (χ0) is 17.2. The first-order valence-corrected chi connectivity index (χ1v) is 9.33. The summed E-state index contributed by atoms with van der Waals surface area (Å²) in [6.07, 6.45) is 0. The molecule has 0 aromatic heterocycles. The summed E-state index contributed by atoms with van der Waals surface area (Å²) in [4.78, 5) is 7.62. The van der Waals surface area contributed by atoms with Gasteiger partial charge in [-0.3, -0.25) is 4.90 Å². The number of rotatable bonds is 3. The minimum Gasteiger partial charge on any atom is -0.382 e. The van der Waals surface area contributed by atoms with Crippen LogP contribution in [0.15, 0.2) is 42.5 Å². The van der Waals surface area contributed by atoms with Crippen LogP contribution in [0.3, 0.4) is 0 Å². The molecule has 1 fully saturated rings. The predicted molar refractivity (Wildman–Crippen MR) is 107 cm³/mol. The van der Waals surface area contributed by atoms with Gasteiger partial charge >= 0.3 is 0 Å². The van der Waals surface area contributed by atoms with Crippen molar-refractivity contribution in [3.63, 3.8) is 0 Å². The maximum atomic E-state index is 3.50. The number of piperazine rings is 1. The molecule has 0 aliphatic carbocycles. The van der Waals surface area contributed by atoms with Crippen LogP contribution < -0.4 is 15.1 Å². The Kier molecular flexibility index (Phi) is 4.53. The molecule has 2 aliphatic rings. The van der Waals surface area contributed by atoms with Crippen molar-refractivity contribution in [3.05, 3.63) is 53.6 Å². The van der Waals surface area contributed by atoms with Gasteiger partial charge in [0.1, 0.15) is 0 Å². The van der Waals surface area contributed by atoms with Crippen molar-refractivity contribution < 1.29 is 0 Å². The summed E-state index contributed by atoms with van der Waals surface area (Å²) in [6, 6.07) is 15.5. The maximum Gasteiger partial charge on any atom is 0.0709 e. The van der Waals surface area contributed by atoms with Gasteiger partial charge in [-0.15, -0.1) is 0 Å². The number of fused-ring (bicyclic) bond motifs is 1. The lowest BCUT2D eigenvalue weighted by Gasteiger charge is -2.41. The van der Waals surface area contributed by atoms with E-state index in [-0.39, 0.29) is 0 Å². The van der Waals surface area contributed by atoms with E-state index in [0.717, 1.165) is 45.9 Å². The number of nitrogens with one attached hydrogen (secondary N) is 1. The highest BCUT2D eigenvalue weighted by atomic mass is 15.4. The fraction of sp³-hybridized carbons (Fsp3) is 0.429. The molecule has 4 nitrogen and oxygen atoms in total. The molecule has 0 atom stereocenters. The van der Waals surface area contributed by atoms with E-state index in [0.29, 0.717) is 0 Å². The average molecular weight is 336 g/mol. The molecular weight excluding hydrogens is 308 g/mol. The number of benzene rings is 2. The Hall–Kier alpha value is -2.20. The van der Waals surface area contributed by atoms with Crippen molar-refractivity contribution in [2.45, 2.75) is 13.8 Å². The molecule has 2 aromatic carbocycles. The maximum absolute atomic E-state index is 3.50. The first kappa shape index (κ1) is 16.3. The number of hydrogen-bond acceptors (Lipinski definition) is 4. The topological polar surface area (TPSA) is 21.8 Å². The minimum atomic E-state index is 1.03. The number of anilines is 3. The molecule has 1 saturated heterocycles. The van der Waals surface area contributed by atoms with Crippen molar-refractivity contribution in [1.82, 2.24) is 4.90 Å². The van der Waals surface area contributed by atoms with Crippen LogP contribution in [0.4, 0.5) is 17.1 Å². The van der Waals surface area contributed by atoms with Gasteiger partial charge in [0.25, 0.3) is 0 Å². The van der Waals surface area contributed by atoms with Crippen LogP contribution in [0.5, 0.6) is 0 Å². The van der Waals surface area contributed by atoms with E-state index in [4.69, 9.17) is 0 Å². The van der Waals surface area contributed by atoms with E-state index in [1.807, 2.05) is 0 Å². The molecular formula is C21H28N4. The van der Waals surface area contributed by atoms with Crippen molar-refractivity contribution >= 4 is 17.1 Å². The Bertz CT molecular complexity index is 734. The van der Waals surface area contributed by atoms with Gasteiger partial charge in [-0.1, -0.05) is 18.2 Å². The fourth-order valence-electron chi connectivity index (χ4n) is 3.80. The van der Waals surface area contributed by atoms with Crippen LogP contribution in [-0.4, -0.2) is 50.8 Å². The number of para-hydroxylation sites is 2. The zero-order valence-corrected chi connectivity index (χ0v) is 15.3. The van der Waals surface area contributed by atoms with Gasteiger partial charge in [0.2, 0.25) is 0 Å². The molecule has 4 heteroatoms. The van der Waals surface area contributed by atoms with E-state index >= 15 is 0 Å². The predicted octanol–water partition coefficient (Wildman–Crippen LogP) is 3.32. The van der Waals surface area contributed by atoms with Gasteiger partial charge in [-0.25, -0.2) is 0 Å². The lowest BCUT2D eigenvalue weighted by molar-refractivity contribution is 0.257. The normalized spacial score (nSPS) is 18.0. The van der Waals surface area contributed by atoms with Crippen LogP contribution in [0.25, 0.3) is 0 Å². The van der Waals surface area contributed by atoms with Crippen LogP contribution in [-0.2, 0) is 0 Å². The molecule has 0 bridgehead atoms. The summed E-state index contributed by atoms with van der Waals surface area (Å²) < 4.78 is 0. The third-order valence-corrected chi connectivity index (χ3v) is 5.54. The molecule has 0 unspecified atom stereocenters. The largest absolute Gasteiger partial charge is 0.382 e. The SMILES string of the molecule is Cc1ccc(N2CCN(CN3CCNc4ccccc43)CC2)cc1C. The van der Waals surface area contributed by atoms with Gasteiger partial charge in [-0.05, 0) is 49.2 Å². The molecule has 25 heavy (non-hydrogen) atoms. The Morgan fingerprint density at radius 1 is 0.880 bits per heavy atom. The van der Waals surface area contributed by atoms with Crippen molar-refractivity contribution in [3.8, 4) is 0 Å². The van der Waals surface area contributed by atoms with Crippen LogP contribution in [0.1, 0.15) is 11.1 Å². The second-order valence-electron chi connectivity index (χ2n) is 7.22. The molecule has 132 valence electrons. The van der Waals surface area contributed by atoms with Crippen LogP contribution in [0, 0.1) is 13.8 Å². The number of nitrogens with zero attached hydrogens (tertiary/aromatic N) is 3. The molecule has 0 saturated carbocycles. The van der Waals surface area contributed by atoms with E-state index in [9.17, 15) is 0 Å². The lowest BCUT2D eigenvalue weighted by atomic mass is 10.1. The van der Waals surface area contributed by atoms with Crippen molar-refractivity contribution in [2.24, 2.45) is 0 Å². The highest BCUT2D eigenvalue weighted by molar-refractivity contribution is 5.71. The third kappa shape index (κ3) is 3.45. The van der Waals surface area contributed by atoms with E-state index in [1.165, 1.54) is 28.2 Å². The Balaban J connectivity index is 1.37. The Morgan fingerprint density at radius 2 is 1.68 bits per heavy atom. The first-order valence-electron chi connectivity index (χ1n) is 9.33. The summed E-state index contributed by atoms with van der Waals surface area (Å²) in [5.41, 5.74) is 6.74. The van der Waals surface area contributed by atoms with Gasteiger partial charge in [0.05, 0.1) is 18.0 Å². The van der Waals surface area contributed by atoms with Gasteiger partial charge < -0.3 is 15.1 Å². The molecule has 4 rings (SSSR count). The zero-order valence-electron chi connectivity index (χ0n) is 15.3. The lowest BCUT2D eigenvalue weighted by Crippen LogP contribution is -2.51. The summed E-state index contributed by atoms with van der Waals surface area (Å²) in [7, 11) is 0. The summed E-state index contributed by atoms with van der Waals surface area (Å²) >= 11 is 0. The molecule has 2 aliphatic heterocycles. The van der Waals surface area contributed by atoms with Crippen LogP contribution >= 0.6 is 0 Å². The highest BCUT2D eigenvalue weighted by Gasteiger charge is 2.22. The molecule has 2 heterocycles. The van der Waals surface area contributed by atoms with Crippen molar-refractivity contribution in [1.29, 1.82) is 0 Å². The van der Waals surface area contributed by atoms with Gasteiger partial charge in [0, 0.05) is 45.0 Å². The minimum absolute atomic E-state index is 1.03. The quantitative estimate of drug-likeness (QED) is 0.928. The average Bonchev–Trinajstić information content (AvgIpc) is 2.65. The van der Waals surface area contributed by atoms with E-state index in [2.05, 4.69) is 76.3 Å². The standard InChI is InChI=1S/C21H28N4/c1-17-7-8-19(15-18(17)2)24-13-11-23(12-14-24)16-25-10-9-22-20-5-3-4-6-21(20)25/h3-8,15,22H,9-14,16H2,1-2H3. The number of aryl methyl sites for hydroxylation is 2. The van der Waals surface area contributed by atoms with E-state index < -0.39 is 0 Å². The van der Waals surface area contributed by atoms with Gasteiger partial charge in [0.15, 0.2) is 0 Å². The fourth-order valence-corrected chi connectivity index (χ4v) is 3.80. The van der Waals surface area contributed by atoms with E-state index in [1.54, 1.807) is 0 Å². The smallest absolute Gasteiger partial charge is 0.0709 e. The second kappa shape index (κ2) is 6.96. The molecule has 0 amide bonds. The first-order chi connectivity index (χ1) is 12.2. The van der Waals surface area contributed by atoms with Crippen LogP contribution in [0.2, 0.25) is 0 Å². The highest BCUT2D eigenvalue weighted by Crippen LogP contribution is 2.28. The molecule has 0 spiro atoms. The van der Waals surface area contributed by atoms with Crippen molar-refractivity contribution in [2.75, 3.05) is 61.1 Å². The molecule has 0 radical (unpaired) electrons. The molecule has 2 aromatic rings. The molecule has 1 N–H and O–H groups in total. The second-order valence-corrected chi connectivity index (χ2v) is 7.22. The Labute approximate surface area is 151 Å². The Morgan fingerprint density at radius 3 is 2.48 bits per heavy atom. The third-order valence-electron chi connectivity index (χ3n) is 5.54. The van der Waals surface area contributed by atoms with Gasteiger partial charge in [-0.2, -0.15) is 0 Å².